The van der Waals surface area contributed by atoms with E-state index in [4.69, 9.17) is 0 Å². The van der Waals surface area contributed by atoms with Gasteiger partial charge in [-0.25, -0.2) is 4.39 Å². The number of hydrogen-bond donors (Lipinski definition) is 0. The Labute approximate surface area is 60.3 Å². The minimum absolute atomic E-state index is 0.469. The normalized spacial score (nSPS) is 13.2. The molecule has 0 aromatic rings. The zero-order chi connectivity index (χ0) is 7.82. The summed E-state index contributed by atoms with van der Waals surface area (Å²) in [4.78, 5) is 3.71. The Morgan fingerprint density at radius 3 is 2.70 bits per heavy atom. The first-order valence-electron chi connectivity index (χ1n) is 2.86. The van der Waals surface area contributed by atoms with Crippen LogP contribution in [0.15, 0.2) is 41.7 Å². The van der Waals surface area contributed by atoms with Gasteiger partial charge in [0.05, 0.1) is 6.33 Å². The second-order valence-corrected chi connectivity index (χ2v) is 1.58. The van der Waals surface area contributed by atoms with Crippen LogP contribution in [0.4, 0.5) is 4.39 Å². The Balaban J connectivity index is 4.25. The van der Waals surface area contributed by atoms with E-state index in [1.54, 1.807) is 25.4 Å². The predicted octanol–water partition coefficient (Wildman–Crippen LogP) is 2.28. The first-order chi connectivity index (χ1) is 4.85. The number of nitrogens with zero attached hydrogens (tertiary/aromatic N) is 1. The first-order valence-corrected chi connectivity index (χ1v) is 2.86. The fourth-order valence-corrected chi connectivity index (χ4v) is 0.500. The molecule has 0 aromatic heterocycles. The van der Waals surface area contributed by atoms with Crippen molar-refractivity contribution < 1.29 is 4.39 Å². The van der Waals surface area contributed by atoms with Crippen LogP contribution in [0.5, 0.6) is 0 Å². The zero-order valence-electron chi connectivity index (χ0n) is 5.92. The van der Waals surface area contributed by atoms with Crippen LogP contribution in [0, 0.1) is 0 Å². The summed E-state index contributed by atoms with van der Waals surface area (Å²) >= 11 is 0. The Hall–Kier alpha value is -1.18. The lowest BCUT2D eigenvalue weighted by Gasteiger charge is -1.85. The molecule has 2 heteroatoms. The molecule has 0 saturated heterocycles. The predicted molar refractivity (Wildman–Crippen MR) is 42.9 cm³/mol. The maximum Gasteiger partial charge on any atom is 0.0873 e. The standard InChI is InChI=1S/C8H10FN/c1-3-4-8(5-6-9)7-10-2/h3-7H,1H2,2H3/b6-5+,8-4+,10-7?. The highest BCUT2D eigenvalue weighted by atomic mass is 19.1. The second kappa shape index (κ2) is 5.95. The van der Waals surface area contributed by atoms with E-state index in [-0.39, 0.29) is 0 Å². The van der Waals surface area contributed by atoms with Gasteiger partial charge in [0.25, 0.3) is 0 Å². The van der Waals surface area contributed by atoms with Gasteiger partial charge < -0.3 is 0 Å². The minimum Gasteiger partial charge on any atom is -0.296 e. The molecule has 0 heterocycles. The second-order valence-electron chi connectivity index (χ2n) is 1.58. The van der Waals surface area contributed by atoms with Crippen molar-refractivity contribution in [3.05, 3.63) is 36.7 Å². The average Bonchev–Trinajstić information content (AvgIpc) is 1.90. The van der Waals surface area contributed by atoms with Crippen LogP contribution in [-0.2, 0) is 0 Å². The van der Waals surface area contributed by atoms with Crippen molar-refractivity contribution in [3.63, 3.8) is 0 Å². The number of aliphatic imine (C=N–C) groups is 1. The third-order valence-corrected chi connectivity index (χ3v) is 0.844. The fourth-order valence-electron chi connectivity index (χ4n) is 0.500. The van der Waals surface area contributed by atoms with Crippen molar-refractivity contribution in [2.45, 2.75) is 0 Å². The third-order valence-electron chi connectivity index (χ3n) is 0.844. The molecular formula is C8H10FN. The molecule has 0 atom stereocenters. The van der Waals surface area contributed by atoms with E-state index in [9.17, 15) is 4.39 Å². The Morgan fingerprint density at radius 1 is 1.60 bits per heavy atom. The molecule has 0 rings (SSSR count). The molecule has 0 fully saturated rings. The van der Waals surface area contributed by atoms with Gasteiger partial charge in [-0.2, -0.15) is 0 Å². The van der Waals surface area contributed by atoms with Gasteiger partial charge >= 0.3 is 0 Å². The van der Waals surface area contributed by atoms with E-state index >= 15 is 0 Å². The highest BCUT2D eigenvalue weighted by molar-refractivity contribution is 5.82. The Bertz CT molecular complexity index is 164. The van der Waals surface area contributed by atoms with Crippen LogP contribution >= 0.6 is 0 Å². The van der Waals surface area contributed by atoms with E-state index in [1.807, 2.05) is 0 Å². The summed E-state index contributed by atoms with van der Waals surface area (Å²) in [7, 11) is 1.63. The monoisotopic (exact) mass is 139 g/mol. The quantitative estimate of drug-likeness (QED) is 0.420. The lowest BCUT2D eigenvalue weighted by atomic mass is 10.2. The van der Waals surface area contributed by atoms with Gasteiger partial charge in [-0.1, -0.05) is 18.7 Å². The average molecular weight is 139 g/mol. The van der Waals surface area contributed by atoms with Gasteiger partial charge in [-0.3, -0.25) is 4.99 Å². The van der Waals surface area contributed by atoms with Crippen LogP contribution in [0.25, 0.3) is 0 Å². The number of hydrogen-bond acceptors (Lipinski definition) is 1. The summed E-state index contributed by atoms with van der Waals surface area (Å²) in [6, 6.07) is 0. The van der Waals surface area contributed by atoms with Gasteiger partial charge in [-0.15, -0.1) is 0 Å². The molecule has 10 heavy (non-hydrogen) atoms. The molecule has 0 saturated carbocycles. The smallest absolute Gasteiger partial charge is 0.0873 e. The van der Waals surface area contributed by atoms with Crippen LogP contribution < -0.4 is 0 Å². The number of rotatable bonds is 3. The molecular weight excluding hydrogens is 129 g/mol. The summed E-state index contributed by atoms with van der Waals surface area (Å²) < 4.78 is 11.6. The summed E-state index contributed by atoms with van der Waals surface area (Å²) in [5, 5.41) is 0. The van der Waals surface area contributed by atoms with Crippen LogP contribution in [-0.4, -0.2) is 13.3 Å². The molecule has 0 aliphatic carbocycles. The molecule has 0 aromatic carbocycles. The summed E-state index contributed by atoms with van der Waals surface area (Å²) in [5.74, 6) is 0. The molecule has 0 bridgehead atoms. The lowest BCUT2D eigenvalue weighted by molar-refractivity contribution is 0.721. The molecule has 0 radical (unpaired) electrons. The molecule has 0 spiro atoms. The van der Waals surface area contributed by atoms with Crippen molar-refractivity contribution in [1.29, 1.82) is 0 Å². The van der Waals surface area contributed by atoms with Gasteiger partial charge in [0.15, 0.2) is 0 Å². The van der Waals surface area contributed by atoms with Crippen LogP contribution in [0.2, 0.25) is 0 Å². The lowest BCUT2D eigenvalue weighted by Crippen LogP contribution is -1.76. The molecule has 54 valence electrons. The van der Waals surface area contributed by atoms with E-state index in [0.29, 0.717) is 11.9 Å². The van der Waals surface area contributed by atoms with Crippen LogP contribution in [0.1, 0.15) is 0 Å². The molecule has 0 N–H and O–H groups in total. The largest absolute Gasteiger partial charge is 0.296 e. The minimum atomic E-state index is 0.469. The topological polar surface area (TPSA) is 12.4 Å². The Morgan fingerprint density at radius 2 is 2.30 bits per heavy atom. The van der Waals surface area contributed by atoms with Gasteiger partial charge in [0.2, 0.25) is 0 Å². The number of halogens is 1. The van der Waals surface area contributed by atoms with Crippen molar-refractivity contribution in [3.8, 4) is 0 Å². The van der Waals surface area contributed by atoms with E-state index in [0.717, 1.165) is 0 Å². The molecule has 0 unspecified atom stereocenters. The summed E-state index contributed by atoms with van der Waals surface area (Å²) in [6.45, 7) is 3.47. The molecule has 0 aliphatic heterocycles. The number of allylic oxidation sites excluding steroid dienone is 4. The van der Waals surface area contributed by atoms with Gasteiger partial charge in [-0.05, 0) is 11.6 Å². The fraction of sp³-hybridized carbons (Fsp3) is 0.125. The van der Waals surface area contributed by atoms with Gasteiger partial charge in [0.1, 0.15) is 0 Å². The summed E-state index contributed by atoms with van der Waals surface area (Å²) in [6.07, 6.45) is 6.59. The molecule has 0 amide bonds. The van der Waals surface area contributed by atoms with E-state index in [2.05, 4.69) is 11.6 Å². The molecule has 1 nitrogen and oxygen atoms in total. The van der Waals surface area contributed by atoms with Crippen molar-refractivity contribution in [2.24, 2.45) is 4.99 Å². The Kier molecular flexibility index (Phi) is 5.25. The summed E-state index contributed by atoms with van der Waals surface area (Å²) in [5.41, 5.74) is 0.694. The van der Waals surface area contributed by atoms with E-state index < -0.39 is 0 Å². The van der Waals surface area contributed by atoms with Gasteiger partial charge in [0, 0.05) is 13.3 Å². The van der Waals surface area contributed by atoms with E-state index in [1.165, 1.54) is 6.08 Å². The maximum absolute atomic E-state index is 11.6. The third kappa shape index (κ3) is 3.78. The SMILES string of the molecule is C=C/C=C(C=NC)\C=C\F. The van der Waals surface area contributed by atoms with Crippen LogP contribution in [0.3, 0.4) is 0 Å². The van der Waals surface area contributed by atoms with Crippen molar-refractivity contribution >= 4 is 6.21 Å². The molecule has 0 aliphatic rings. The van der Waals surface area contributed by atoms with Crippen molar-refractivity contribution in [2.75, 3.05) is 7.05 Å². The highest BCUT2D eigenvalue weighted by Crippen LogP contribution is 1.93. The zero-order valence-corrected chi connectivity index (χ0v) is 5.92. The first kappa shape index (κ1) is 8.82. The maximum atomic E-state index is 11.6. The highest BCUT2D eigenvalue weighted by Gasteiger charge is 1.80. The van der Waals surface area contributed by atoms with Crippen molar-refractivity contribution in [1.82, 2.24) is 0 Å².